The quantitative estimate of drug-likeness (QED) is 0.812. The molecule has 0 radical (unpaired) electrons. The molecule has 0 unspecified atom stereocenters. The summed E-state index contributed by atoms with van der Waals surface area (Å²) in [5.41, 5.74) is 0.576. The minimum Gasteiger partial charge on any atom is -0.508 e. The van der Waals surface area contributed by atoms with Gasteiger partial charge in [-0.15, -0.1) is 0 Å². The van der Waals surface area contributed by atoms with E-state index >= 15 is 0 Å². The van der Waals surface area contributed by atoms with Crippen molar-refractivity contribution in [1.82, 2.24) is 4.90 Å². The van der Waals surface area contributed by atoms with Gasteiger partial charge in [-0.1, -0.05) is 6.07 Å². The summed E-state index contributed by atoms with van der Waals surface area (Å²) in [6, 6.07) is 6.56. The van der Waals surface area contributed by atoms with Crippen LogP contribution in [-0.2, 0) is 0 Å². The zero-order valence-corrected chi connectivity index (χ0v) is 9.87. The Hall–Kier alpha value is -1.16. The lowest BCUT2D eigenvalue weighted by Gasteiger charge is -2.19. The van der Waals surface area contributed by atoms with Crippen molar-refractivity contribution in [2.45, 2.75) is 6.42 Å². The van der Waals surface area contributed by atoms with Gasteiger partial charge in [-0.3, -0.25) is 4.79 Å². The standard InChI is InChI=1S/C12H15NO2S/c14-11-4-1-3-10(9-11)12(15)13-5-2-7-16-8-6-13/h1,3-4,9,14H,2,5-8H2. The lowest BCUT2D eigenvalue weighted by atomic mass is 10.2. The Balaban J connectivity index is 2.11. The van der Waals surface area contributed by atoms with Crippen molar-refractivity contribution in [3.8, 4) is 5.75 Å². The van der Waals surface area contributed by atoms with Gasteiger partial charge in [0.2, 0.25) is 0 Å². The molecule has 0 spiro atoms. The Bertz CT molecular complexity index is 373. The molecule has 2 rings (SSSR count). The molecular weight excluding hydrogens is 222 g/mol. The third kappa shape index (κ3) is 2.70. The van der Waals surface area contributed by atoms with Crippen LogP contribution < -0.4 is 0 Å². The lowest BCUT2D eigenvalue weighted by molar-refractivity contribution is 0.0768. The zero-order chi connectivity index (χ0) is 11.4. The molecule has 1 aromatic carbocycles. The molecule has 86 valence electrons. The van der Waals surface area contributed by atoms with Crippen molar-refractivity contribution in [3.05, 3.63) is 29.8 Å². The van der Waals surface area contributed by atoms with E-state index < -0.39 is 0 Å². The van der Waals surface area contributed by atoms with Gasteiger partial charge in [0.25, 0.3) is 5.91 Å². The van der Waals surface area contributed by atoms with E-state index in [9.17, 15) is 9.90 Å². The molecule has 1 fully saturated rings. The topological polar surface area (TPSA) is 40.5 Å². The fourth-order valence-electron chi connectivity index (χ4n) is 1.77. The number of nitrogens with zero attached hydrogens (tertiary/aromatic N) is 1. The van der Waals surface area contributed by atoms with E-state index in [-0.39, 0.29) is 11.7 Å². The van der Waals surface area contributed by atoms with Gasteiger partial charge in [-0.2, -0.15) is 11.8 Å². The SMILES string of the molecule is O=C(c1cccc(O)c1)N1CCCSCC1. The summed E-state index contributed by atoms with van der Waals surface area (Å²) < 4.78 is 0. The molecule has 1 N–H and O–H groups in total. The number of hydrogen-bond donors (Lipinski definition) is 1. The summed E-state index contributed by atoms with van der Waals surface area (Å²) in [7, 11) is 0. The second-order valence-electron chi connectivity index (χ2n) is 3.81. The minimum atomic E-state index is 0.0263. The highest BCUT2D eigenvalue weighted by atomic mass is 32.2. The number of benzene rings is 1. The zero-order valence-electron chi connectivity index (χ0n) is 9.06. The maximum absolute atomic E-state index is 12.1. The van der Waals surface area contributed by atoms with Crippen LogP contribution in [0.4, 0.5) is 0 Å². The number of thioether (sulfide) groups is 1. The number of hydrogen-bond acceptors (Lipinski definition) is 3. The van der Waals surface area contributed by atoms with Gasteiger partial charge >= 0.3 is 0 Å². The number of carbonyl (C=O) groups excluding carboxylic acids is 1. The summed E-state index contributed by atoms with van der Waals surface area (Å²) in [6.07, 6.45) is 1.05. The molecule has 0 bridgehead atoms. The van der Waals surface area contributed by atoms with E-state index in [4.69, 9.17) is 0 Å². The average molecular weight is 237 g/mol. The number of amides is 1. The van der Waals surface area contributed by atoms with E-state index in [1.165, 1.54) is 6.07 Å². The predicted molar refractivity (Wildman–Crippen MR) is 66.0 cm³/mol. The Labute approximate surface area is 99.5 Å². The van der Waals surface area contributed by atoms with Gasteiger partial charge in [0, 0.05) is 24.4 Å². The summed E-state index contributed by atoms with van der Waals surface area (Å²) in [5, 5.41) is 9.34. The van der Waals surface area contributed by atoms with E-state index in [2.05, 4.69) is 0 Å². The summed E-state index contributed by atoms with van der Waals surface area (Å²) in [4.78, 5) is 14.0. The third-order valence-electron chi connectivity index (χ3n) is 2.60. The summed E-state index contributed by atoms with van der Waals surface area (Å²) in [6.45, 7) is 1.63. The second kappa shape index (κ2) is 5.25. The molecule has 1 saturated heterocycles. The van der Waals surface area contributed by atoms with Gasteiger partial charge in [-0.25, -0.2) is 0 Å². The Kier molecular flexibility index (Phi) is 3.72. The van der Waals surface area contributed by atoms with Crippen LogP contribution in [0.3, 0.4) is 0 Å². The average Bonchev–Trinajstić information content (AvgIpc) is 2.56. The number of phenolic OH excluding ortho intramolecular Hbond substituents is 1. The first-order valence-corrected chi connectivity index (χ1v) is 6.59. The number of phenols is 1. The molecule has 4 heteroatoms. The normalized spacial score (nSPS) is 16.9. The number of aromatic hydroxyl groups is 1. The molecule has 1 aliphatic heterocycles. The third-order valence-corrected chi connectivity index (χ3v) is 3.65. The molecule has 0 saturated carbocycles. The first-order valence-electron chi connectivity index (χ1n) is 5.43. The van der Waals surface area contributed by atoms with Crippen LogP contribution >= 0.6 is 11.8 Å². The van der Waals surface area contributed by atoms with E-state index in [0.29, 0.717) is 5.56 Å². The highest BCUT2D eigenvalue weighted by Crippen LogP contribution is 2.16. The Morgan fingerprint density at radius 2 is 2.19 bits per heavy atom. The van der Waals surface area contributed by atoms with Crippen LogP contribution in [0.5, 0.6) is 5.75 Å². The first kappa shape index (κ1) is 11.3. The maximum atomic E-state index is 12.1. The van der Waals surface area contributed by atoms with Crippen LogP contribution in [0.1, 0.15) is 16.8 Å². The molecule has 16 heavy (non-hydrogen) atoms. The molecule has 1 aliphatic rings. The molecule has 1 amide bonds. The largest absolute Gasteiger partial charge is 0.508 e. The van der Waals surface area contributed by atoms with Crippen LogP contribution in [0.25, 0.3) is 0 Å². The van der Waals surface area contributed by atoms with Crippen LogP contribution in [0.15, 0.2) is 24.3 Å². The van der Waals surface area contributed by atoms with Crippen LogP contribution in [0.2, 0.25) is 0 Å². The van der Waals surface area contributed by atoms with Gasteiger partial charge in [-0.05, 0) is 30.4 Å². The lowest BCUT2D eigenvalue weighted by Crippen LogP contribution is -2.32. The van der Waals surface area contributed by atoms with Crippen molar-refractivity contribution in [2.24, 2.45) is 0 Å². The van der Waals surface area contributed by atoms with Crippen molar-refractivity contribution < 1.29 is 9.90 Å². The molecular formula is C12H15NO2S. The van der Waals surface area contributed by atoms with Crippen LogP contribution in [0, 0.1) is 0 Å². The van der Waals surface area contributed by atoms with Crippen molar-refractivity contribution in [2.75, 3.05) is 24.6 Å². The fraction of sp³-hybridized carbons (Fsp3) is 0.417. The fourth-order valence-corrected chi connectivity index (χ4v) is 2.66. The van der Waals surface area contributed by atoms with E-state index in [0.717, 1.165) is 31.0 Å². The van der Waals surface area contributed by atoms with Crippen molar-refractivity contribution in [3.63, 3.8) is 0 Å². The highest BCUT2D eigenvalue weighted by molar-refractivity contribution is 7.99. The van der Waals surface area contributed by atoms with E-state index in [1.807, 2.05) is 16.7 Å². The van der Waals surface area contributed by atoms with Crippen molar-refractivity contribution in [1.29, 1.82) is 0 Å². The monoisotopic (exact) mass is 237 g/mol. The van der Waals surface area contributed by atoms with Gasteiger partial charge in [0.1, 0.15) is 5.75 Å². The van der Waals surface area contributed by atoms with Gasteiger partial charge < -0.3 is 10.0 Å². The maximum Gasteiger partial charge on any atom is 0.254 e. The summed E-state index contributed by atoms with van der Waals surface area (Å²) in [5.74, 6) is 2.31. The van der Waals surface area contributed by atoms with Gasteiger partial charge in [0.05, 0.1) is 0 Å². The Morgan fingerprint density at radius 3 is 3.00 bits per heavy atom. The molecule has 3 nitrogen and oxygen atoms in total. The number of carbonyl (C=O) groups is 1. The number of rotatable bonds is 1. The molecule has 0 aliphatic carbocycles. The van der Waals surface area contributed by atoms with Crippen LogP contribution in [-0.4, -0.2) is 40.5 Å². The van der Waals surface area contributed by atoms with Crippen molar-refractivity contribution >= 4 is 17.7 Å². The highest BCUT2D eigenvalue weighted by Gasteiger charge is 2.17. The predicted octanol–water partition coefficient (Wildman–Crippen LogP) is 1.97. The minimum absolute atomic E-state index is 0.0263. The smallest absolute Gasteiger partial charge is 0.254 e. The second-order valence-corrected chi connectivity index (χ2v) is 5.03. The molecule has 1 heterocycles. The summed E-state index contributed by atoms with van der Waals surface area (Å²) >= 11 is 1.89. The molecule has 0 atom stereocenters. The first-order chi connectivity index (χ1) is 7.77. The van der Waals surface area contributed by atoms with Gasteiger partial charge in [0.15, 0.2) is 0 Å². The molecule has 0 aromatic heterocycles. The molecule has 1 aromatic rings. The van der Waals surface area contributed by atoms with E-state index in [1.54, 1.807) is 18.2 Å². The Morgan fingerprint density at radius 1 is 1.31 bits per heavy atom.